The summed E-state index contributed by atoms with van der Waals surface area (Å²) >= 11 is 0. The number of carbonyl (C=O) groups is 1. The summed E-state index contributed by atoms with van der Waals surface area (Å²) in [5, 5.41) is 6.73. The molecule has 1 aromatic carbocycles. The number of hydrogen-bond donors (Lipinski definition) is 1. The lowest BCUT2D eigenvalue weighted by atomic mass is 9.95. The Morgan fingerprint density at radius 2 is 2.07 bits per heavy atom. The van der Waals surface area contributed by atoms with E-state index in [0.29, 0.717) is 30.8 Å². The number of methoxy groups -OCH3 is 1. The second-order valence-electron chi connectivity index (χ2n) is 8.05. The number of nitrogens with one attached hydrogen (secondary N) is 1. The highest BCUT2D eigenvalue weighted by atomic mass is 16.5. The summed E-state index contributed by atoms with van der Waals surface area (Å²) in [6.07, 6.45) is 6.32. The molecule has 6 heteroatoms. The zero-order chi connectivity index (χ0) is 19.3. The van der Waals surface area contributed by atoms with Crippen LogP contribution in [0.1, 0.15) is 34.5 Å². The molecule has 2 aliphatic rings. The molecule has 1 saturated heterocycles. The van der Waals surface area contributed by atoms with Crippen LogP contribution >= 0.6 is 0 Å². The van der Waals surface area contributed by atoms with Crippen molar-refractivity contribution in [2.75, 3.05) is 39.9 Å². The lowest BCUT2D eigenvalue weighted by Gasteiger charge is -2.38. The Labute approximate surface area is 166 Å². The van der Waals surface area contributed by atoms with Gasteiger partial charge in [0.15, 0.2) is 0 Å². The fourth-order valence-corrected chi connectivity index (χ4v) is 4.71. The number of carbonyl (C=O) groups excluding carboxylic acids is 1. The molecule has 1 fully saturated rings. The lowest BCUT2D eigenvalue weighted by molar-refractivity contribution is 0.0568. The number of ether oxygens (including phenoxy) is 1. The Balaban J connectivity index is 1.38. The molecular weight excluding hydrogens is 352 g/mol. The summed E-state index contributed by atoms with van der Waals surface area (Å²) in [7, 11) is 1.68. The van der Waals surface area contributed by atoms with E-state index in [1.807, 2.05) is 4.90 Å². The van der Waals surface area contributed by atoms with Crippen LogP contribution in [0.2, 0.25) is 0 Å². The number of benzene rings is 1. The first-order valence-electron chi connectivity index (χ1n) is 10.3. The molecule has 0 spiro atoms. The zero-order valence-corrected chi connectivity index (χ0v) is 16.6. The van der Waals surface area contributed by atoms with Gasteiger partial charge in [-0.05, 0) is 55.3 Å². The molecule has 0 unspecified atom stereocenters. The lowest BCUT2D eigenvalue weighted by Crippen LogP contribution is -2.47. The highest BCUT2D eigenvalue weighted by Crippen LogP contribution is 2.29. The zero-order valence-electron chi connectivity index (χ0n) is 16.6. The van der Waals surface area contributed by atoms with Crippen molar-refractivity contribution in [2.45, 2.75) is 31.7 Å². The minimum absolute atomic E-state index is 0.0138. The number of hydrogen-bond acceptors (Lipinski definition) is 4. The van der Waals surface area contributed by atoms with Crippen molar-refractivity contribution in [2.24, 2.45) is 5.92 Å². The average molecular weight is 383 g/mol. The molecular formula is C22H30N4O2. The molecule has 1 atom stereocenters. The van der Waals surface area contributed by atoms with Crippen molar-refractivity contribution in [3.05, 3.63) is 53.3 Å². The van der Waals surface area contributed by atoms with Crippen molar-refractivity contribution in [3.63, 3.8) is 0 Å². The number of likely N-dealkylation sites (tertiary alicyclic amines) is 1. The normalized spacial score (nSPS) is 20.2. The second-order valence-corrected chi connectivity index (χ2v) is 8.05. The van der Waals surface area contributed by atoms with E-state index >= 15 is 0 Å². The van der Waals surface area contributed by atoms with Gasteiger partial charge in [-0.3, -0.25) is 14.8 Å². The maximum Gasteiger partial charge on any atom is 0.271 e. The van der Waals surface area contributed by atoms with Gasteiger partial charge in [0.2, 0.25) is 0 Å². The van der Waals surface area contributed by atoms with Crippen LogP contribution in [0.3, 0.4) is 0 Å². The van der Waals surface area contributed by atoms with E-state index in [2.05, 4.69) is 39.4 Å². The fraction of sp³-hybridized carbons (Fsp3) is 0.545. The molecule has 6 nitrogen and oxygen atoms in total. The van der Waals surface area contributed by atoms with Crippen molar-refractivity contribution in [3.8, 4) is 0 Å². The summed E-state index contributed by atoms with van der Waals surface area (Å²) in [5.74, 6) is 0.515. The van der Waals surface area contributed by atoms with E-state index in [0.717, 1.165) is 25.9 Å². The van der Waals surface area contributed by atoms with Crippen LogP contribution in [0.25, 0.3) is 0 Å². The van der Waals surface area contributed by atoms with Gasteiger partial charge in [0.1, 0.15) is 5.69 Å². The molecule has 28 heavy (non-hydrogen) atoms. The minimum atomic E-state index is 0.0138. The number of fused-ring (bicyclic) bond motifs is 1. The minimum Gasteiger partial charge on any atom is -0.383 e. The van der Waals surface area contributed by atoms with Crippen molar-refractivity contribution in [1.82, 2.24) is 20.0 Å². The summed E-state index contributed by atoms with van der Waals surface area (Å²) in [4.78, 5) is 17.4. The maximum absolute atomic E-state index is 12.9. The first-order valence-corrected chi connectivity index (χ1v) is 10.3. The van der Waals surface area contributed by atoms with E-state index in [1.54, 1.807) is 19.4 Å². The number of amides is 1. The van der Waals surface area contributed by atoms with Crippen LogP contribution in [-0.4, -0.2) is 71.8 Å². The SMILES string of the molecule is COCCN(C[C@H]1CCCN(C2Cc3ccccc3C2)C1)C(=O)c1ccn[nH]1. The standard InChI is InChI=1S/C22H30N4O2/c1-28-12-11-26(22(27)21-8-9-23-24-21)16-17-5-4-10-25(15-17)20-13-18-6-2-3-7-19(18)14-20/h2-3,6-9,17,20H,4-5,10-16H2,1H3,(H,23,24)/t17-/m0/s1. The van der Waals surface area contributed by atoms with Gasteiger partial charge in [-0.25, -0.2) is 0 Å². The van der Waals surface area contributed by atoms with Gasteiger partial charge in [0.05, 0.1) is 6.61 Å². The van der Waals surface area contributed by atoms with E-state index < -0.39 is 0 Å². The number of piperidine rings is 1. The van der Waals surface area contributed by atoms with Crippen molar-refractivity contribution >= 4 is 5.91 Å². The molecule has 1 aliphatic carbocycles. The quantitative estimate of drug-likeness (QED) is 0.799. The third-order valence-electron chi connectivity index (χ3n) is 6.16. The predicted octanol–water partition coefficient (Wildman–Crippen LogP) is 2.38. The Morgan fingerprint density at radius 1 is 1.29 bits per heavy atom. The van der Waals surface area contributed by atoms with E-state index in [9.17, 15) is 4.79 Å². The summed E-state index contributed by atoms with van der Waals surface area (Å²) < 4.78 is 5.24. The topological polar surface area (TPSA) is 61.5 Å². The van der Waals surface area contributed by atoms with Gasteiger partial charge >= 0.3 is 0 Å². The second kappa shape index (κ2) is 8.88. The van der Waals surface area contributed by atoms with Gasteiger partial charge in [-0.15, -0.1) is 0 Å². The van der Waals surface area contributed by atoms with Crippen LogP contribution in [0, 0.1) is 5.92 Å². The molecule has 4 rings (SSSR count). The van der Waals surface area contributed by atoms with Gasteiger partial charge < -0.3 is 9.64 Å². The van der Waals surface area contributed by atoms with Gasteiger partial charge in [0.25, 0.3) is 5.91 Å². The van der Waals surface area contributed by atoms with Crippen LogP contribution in [0.4, 0.5) is 0 Å². The molecule has 2 aromatic rings. The van der Waals surface area contributed by atoms with E-state index in [-0.39, 0.29) is 5.91 Å². The third kappa shape index (κ3) is 4.28. The van der Waals surface area contributed by atoms with Crippen LogP contribution in [0.15, 0.2) is 36.5 Å². The van der Waals surface area contributed by atoms with E-state index in [4.69, 9.17) is 4.74 Å². The van der Waals surface area contributed by atoms with Crippen molar-refractivity contribution < 1.29 is 9.53 Å². The van der Waals surface area contributed by atoms with Crippen LogP contribution in [-0.2, 0) is 17.6 Å². The summed E-state index contributed by atoms with van der Waals surface area (Å²) in [6, 6.07) is 11.2. The summed E-state index contributed by atoms with van der Waals surface area (Å²) in [6.45, 7) is 4.17. The van der Waals surface area contributed by atoms with Crippen molar-refractivity contribution in [1.29, 1.82) is 0 Å². The van der Waals surface area contributed by atoms with E-state index in [1.165, 1.54) is 30.5 Å². The largest absolute Gasteiger partial charge is 0.383 e. The number of H-pyrrole nitrogens is 1. The highest BCUT2D eigenvalue weighted by molar-refractivity contribution is 5.92. The first kappa shape index (κ1) is 19.2. The Hall–Kier alpha value is -2.18. The molecule has 1 aromatic heterocycles. The maximum atomic E-state index is 12.9. The molecule has 1 aliphatic heterocycles. The number of nitrogens with zero attached hydrogens (tertiary/aromatic N) is 3. The Bertz CT molecular complexity index is 752. The predicted molar refractivity (Wildman–Crippen MR) is 108 cm³/mol. The number of aromatic amines is 1. The molecule has 150 valence electrons. The molecule has 1 N–H and O–H groups in total. The molecule has 0 saturated carbocycles. The van der Waals surface area contributed by atoms with Gasteiger partial charge in [0, 0.05) is 39.0 Å². The Morgan fingerprint density at radius 3 is 2.75 bits per heavy atom. The van der Waals surface area contributed by atoms with Gasteiger partial charge in [-0.2, -0.15) is 5.10 Å². The highest BCUT2D eigenvalue weighted by Gasteiger charge is 2.31. The third-order valence-corrected chi connectivity index (χ3v) is 6.16. The average Bonchev–Trinajstić information content (AvgIpc) is 3.40. The van der Waals surface area contributed by atoms with Crippen LogP contribution < -0.4 is 0 Å². The Kier molecular flexibility index (Phi) is 6.07. The number of aromatic nitrogens is 2. The molecule has 0 radical (unpaired) electrons. The number of rotatable bonds is 7. The molecule has 2 heterocycles. The fourth-order valence-electron chi connectivity index (χ4n) is 4.71. The first-order chi connectivity index (χ1) is 13.7. The molecule has 0 bridgehead atoms. The smallest absolute Gasteiger partial charge is 0.271 e. The summed E-state index contributed by atoms with van der Waals surface area (Å²) in [5.41, 5.74) is 3.56. The van der Waals surface area contributed by atoms with Crippen LogP contribution in [0.5, 0.6) is 0 Å². The molecule has 1 amide bonds. The van der Waals surface area contributed by atoms with Gasteiger partial charge in [-0.1, -0.05) is 24.3 Å². The monoisotopic (exact) mass is 382 g/mol.